The van der Waals surface area contributed by atoms with E-state index in [0.29, 0.717) is 42.3 Å². The van der Waals surface area contributed by atoms with E-state index in [1.54, 1.807) is 6.92 Å². The molecule has 2 fully saturated rings. The molecule has 1 aromatic carbocycles. The Labute approximate surface area is 149 Å². The molecule has 0 amide bonds. The van der Waals surface area contributed by atoms with E-state index in [1.165, 1.54) is 6.07 Å². The predicted molar refractivity (Wildman–Crippen MR) is 92.1 cm³/mol. The molecule has 0 spiro atoms. The number of alkyl halides is 3. The summed E-state index contributed by atoms with van der Waals surface area (Å²) < 4.78 is 44.7. The quantitative estimate of drug-likeness (QED) is 0.885. The summed E-state index contributed by atoms with van der Waals surface area (Å²) in [4.78, 5) is 6.48. The lowest BCUT2D eigenvalue weighted by Gasteiger charge is -2.36. The van der Waals surface area contributed by atoms with Crippen LogP contribution in [0.5, 0.6) is 0 Å². The third-order valence-electron chi connectivity index (χ3n) is 5.71. The highest BCUT2D eigenvalue weighted by molar-refractivity contribution is 5.92. The highest BCUT2D eigenvalue weighted by Crippen LogP contribution is 2.44. The number of nitrogens with zero attached hydrogens (tertiary/aromatic N) is 2. The lowest BCUT2D eigenvalue weighted by molar-refractivity contribution is -0.137. The van der Waals surface area contributed by atoms with Crippen molar-refractivity contribution in [3.05, 3.63) is 35.5 Å². The minimum absolute atomic E-state index is 0.0500. The number of anilines is 1. The van der Waals surface area contributed by atoms with Crippen molar-refractivity contribution in [3.8, 4) is 0 Å². The van der Waals surface area contributed by atoms with Gasteiger partial charge in [-0.2, -0.15) is 13.2 Å². The Morgan fingerprint density at radius 3 is 2.85 bits per heavy atom. The molecule has 4 nitrogen and oxygen atoms in total. The first-order valence-electron chi connectivity index (χ1n) is 8.75. The molecule has 2 saturated heterocycles. The Bertz CT molecular complexity index is 839. The summed E-state index contributed by atoms with van der Waals surface area (Å²) in [6.07, 6.45) is -3.50. The maximum atomic E-state index is 13.0. The maximum absolute atomic E-state index is 13.0. The molecule has 0 saturated carbocycles. The highest BCUT2D eigenvalue weighted by Gasteiger charge is 2.48. The number of aliphatic hydroxyl groups excluding tert-OH is 1. The van der Waals surface area contributed by atoms with Gasteiger partial charge in [-0.3, -0.25) is 4.98 Å². The third kappa shape index (κ3) is 2.83. The van der Waals surface area contributed by atoms with Crippen LogP contribution in [0.4, 0.5) is 18.9 Å². The van der Waals surface area contributed by atoms with Crippen LogP contribution in [-0.4, -0.2) is 43.0 Å². The molecular weight excluding hydrogens is 345 g/mol. The molecule has 0 unspecified atom stereocenters. The fraction of sp³-hybridized carbons (Fsp3) is 0.526. The molecule has 2 aliphatic heterocycles. The number of aromatic nitrogens is 1. The number of aliphatic hydroxyl groups is 1. The zero-order valence-electron chi connectivity index (χ0n) is 14.5. The Morgan fingerprint density at radius 1 is 1.35 bits per heavy atom. The number of aryl methyl sites for hydroxylation is 1. The molecule has 1 aromatic heterocycles. The Kier molecular flexibility index (Phi) is 4.11. The van der Waals surface area contributed by atoms with E-state index >= 15 is 0 Å². The largest absolute Gasteiger partial charge is 0.416 e. The van der Waals surface area contributed by atoms with Crippen molar-refractivity contribution in [2.45, 2.75) is 19.5 Å². The molecule has 7 heteroatoms. The van der Waals surface area contributed by atoms with Crippen LogP contribution in [0.2, 0.25) is 0 Å². The summed E-state index contributed by atoms with van der Waals surface area (Å²) in [5.41, 5.74) is 0.913. The van der Waals surface area contributed by atoms with Crippen molar-refractivity contribution in [3.63, 3.8) is 0 Å². The van der Waals surface area contributed by atoms with Crippen LogP contribution >= 0.6 is 0 Å². The molecule has 3 heterocycles. The van der Waals surface area contributed by atoms with Crippen molar-refractivity contribution in [2.24, 2.45) is 11.3 Å². The van der Waals surface area contributed by atoms with Gasteiger partial charge in [0.15, 0.2) is 0 Å². The van der Waals surface area contributed by atoms with Crippen molar-refractivity contribution in [2.75, 3.05) is 37.8 Å². The van der Waals surface area contributed by atoms with Gasteiger partial charge in [-0.1, -0.05) is 6.07 Å². The molecule has 2 aliphatic rings. The number of halogens is 3. The van der Waals surface area contributed by atoms with Crippen molar-refractivity contribution < 1.29 is 23.0 Å². The fourth-order valence-electron chi connectivity index (χ4n) is 4.28. The summed E-state index contributed by atoms with van der Waals surface area (Å²) in [7, 11) is 0. The Balaban J connectivity index is 1.77. The first-order chi connectivity index (χ1) is 12.3. The number of rotatable bonds is 2. The van der Waals surface area contributed by atoms with E-state index in [1.807, 2.05) is 6.07 Å². The van der Waals surface area contributed by atoms with Gasteiger partial charge >= 0.3 is 6.18 Å². The van der Waals surface area contributed by atoms with Gasteiger partial charge in [0.25, 0.3) is 0 Å². The van der Waals surface area contributed by atoms with E-state index < -0.39 is 11.7 Å². The lowest BCUT2D eigenvalue weighted by atomic mass is 9.76. The van der Waals surface area contributed by atoms with Gasteiger partial charge in [-0.05, 0) is 37.5 Å². The molecular formula is C19H21F3N2O2. The Morgan fingerprint density at radius 2 is 2.15 bits per heavy atom. The fourth-order valence-corrected chi connectivity index (χ4v) is 4.28. The minimum atomic E-state index is -4.39. The number of pyridine rings is 1. The molecule has 0 bridgehead atoms. The predicted octanol–water partition coefficient (Wildman–Crippen LogP) is 3.40. The molecule has 4 rings (SSSR count). The molecule has 26 heavy (non-hydrogen) atoms. The third-order valence-corrected chi connectivity index (χ3v) is 5.71. The van der Waals surface area contributed by atoms with E-state index in [0.717, 1.165) is 30.8 Å². The van der Waals surface area contributed by atoms with E-state index in [2.05, 4.69) is 9.88 Å². The van der Waals surface area contributed by atoms with Crippen LogP contribution in [0, 0.1) is 18.3 Å². The standard InChI is InChI=1S/C19H21F3N2O2/c1-12-6-17(15-3-2-13(19(20,21)22)7-16(15)23-12)24-8-14-4-5-26-11-18(14,9-24)10-25/h2-3,6-7,14,25H,4-5,8-11H2,1H3/t14-,18+/m0/s1. The number of hydrogen-bond donors (Lipinski definition) is 1. The van der Waals surface area contributed by atoms with Crippen LogP contribution in [0.1, 0.15) is 17.7 Å². The summed E-state index contributed by atoms with van der Waals surface area (Å²) in [6, 6.07) is 5.64. The van der Waals surface area contributed by atoms with Gasteiger partial charge in [-0.25, -0.2) is 0 Å². The number of fused-ring (bicyclic) bond motifs is 2. The summed E-state index contributed by atoms with van der Waals surface area (Å²) in [6.45, 7) is 4.44. The van der Waals surface area contributed by atoms with Crippen LogP contribution < -0.4 is 4.90 Å². The smallest absolute Gasteiger partial charge is 0.396 e. The normalized spacial score (nSPS) is 26.3. The zero-order chi connectivity index (χ0) is 18.5. The van der Waals surface area contributed by atoms with Gasteiger partial charge in [0.2, 0.25) is 0 Å². The van der Waals surface area contributed by atoms with Gasteiger partial charge in [0.05, 0.1) is 24.3 Å². The molecule has 2 atom stereocenters. The average Bonchev–Trinajstić information content (AvgIpc) is 2.99. The van der Waals surface area contributed by atoms with Crippen LogP contribution in [-0.2, 0) is 10.9 Å². The molecule has 2 aromatic rings. The minimum Gasteiger partial charge on any atom is -0.396 e. The molecule has 1 N–H and O–H groups in total. The monoisotopic (exact) mass is 366 g/mol. The maximum Gasteiger partial charge on any atom is 0.416 e. The van der Waals surface area contributed by atoms with Crippen LogP contribution in [0.15, 0.2) is 24.3 Å². The van der Waals surface area contributed by atoms with E-state index in [4.69, 9.17) is 4.74 Å². The number of benzene rings is 1. The van der Waals surface area contributed by atoms with Gasteiger partial charge in [0, 0.05) is 41.9 Å². The van der Waals surface area contributed by atoms with Crippen molar-refractivity contribution >= 4 is 16.6 Å². The van der Waals surface area contributed by atoms with Crippen LogP contribution in [0.25, 0.3) is 10.9 Å². The number of ether oxygens (including phenoxy) is 1. The SMILES string of the molecule is Cc1cc(N2C[C@@H]3CCOC[C@]3(CO)C2)c2ccc(C(F)(F)F)cc2n1. The highest BCUT2D eigenvalue weighted by atomic mass is 19.4. The van der Waals surface area contributed by atoms with E-state index in [-0.39, 0.29) is 12.0 Å². The van der Waals surface area contributed by atoms with E-state index in [9.17, 15) is 18.3 Å². The summed E-state index contributed by atoms with van der Waals surface area (Å²) in [5, 5.41) is 10.7. The first-order valence-corrected chi connectivity index (χ1v) is 8.75. The first kappa shape index (κ1) is 17.5. The lowest BCUT2D eigenvalue weighted by Crippen LogP contribution is -2.42. The molecule has 0 aliphatic carbocycles. The Hall–Kier alpha value is -1.86. The van der Waals surface area contributed by atoms with Crippen molar-refractivity contribution in [1.82, 2.24) is 4.98 Å². The topological polar surface area (TPSA) is 45.6 Å². The summed E-state index contributed by atoms with van der Waals surface area (Å²) in [5.74, 6) is 0.319. The second-order valence-corrected chi connectivity index (χ2v) is 7.45. The van der Waals surface area contributed by atoms with Gasteiger partial charge in [-0.15, -0.1) is 0 Å². The van der Waals surface area contributed by atoms with Crippen molar-refractivity contribution in [1.29, 1.82) is 0 Å². The number of hydrogen-bond acceptors (Lipinski definition) is 4. The van der Waals surface area contributed by atoms with Gasteiger partial charge < -0.3 is 14.7 Å². The average molecular weight is 366 g/mol. The summed E-state index contributed by atoms with van der Waals surface area (Å²) >= 11 is 0. The zero-order valence-corrected chi connectivity index (χ0v) is 14.5. The second kappa shape index (κ2) is 6.09. The second-order valence-electron chi connectivity index (χ2n) is 7.45. The van der Waals surface area contributed by atoms with Gasteiger partial charge in [0.1, 0.15) is 0 Å². The van der Waals surface area contributed by atoms with Crippen LogP contribution in [0.3, 0.4) is 0 Å². The molecule has 0 radical (unpaired) electrons. The molecule has 140 valence electrons.